The molecule has 0 radical (unpaired) electrons. The average molecular weight is 466 g/mol. The Hall–Kier alpha value is -2.33. The molecular weight excluding hydrogens is 434 g/mol. The van der Waals surface area contributed by atoms with E-state index in [-0.39, 0.29) is 47.4 Å². The largest absolute Gasteiger partial charge is 0.497 e. The Morgan fingerprint density at radius 1 is 0.875 bits per heavy atom. The van der Waals surface area contributed by atoms with Crippen LogP contribution in [0.2, 0.25) is 0 Å². The highest BCUT2D eigenvalue weighted by Gasteiger charge is 2.39. The molecule has 1 atom stereocenters. The maximum Gasteiger partial charge on any atom is 0.247 e. The number of hydrogen-bond acceptors (Lipinski definition) is 6. The number of hydrogen-bond donors (Lipinski definition) is 0. The van der Waals surface area contributed by atoms with Crippen molar-refractivity contribution in [3.8, 4) is 11.5 Å². The molecule has 32 heavy (non-hydrogen) atoms. The summed E-state index contributed by atoms with van der Waals surface area (Å²) < 4.78 is 38.3. The lowest BCUT2D eigenvalue weighted by Crippen LogP contribution is -2.54. The quantitative estimate of drug-likeness (QED) is 0.626. The van der Waals surface area contributed by atoms with Crippen molar-refractivity contribution in [1.82, 2.24) is 14.1 Å². The van der Waals surface area contributed by atoms with Gasteiger partial charge in [-0.05, 0) is 37.8 Å². The Balaban J connectivity index is 1.39. The van der Waals surface area contributed by atoms with Gasteiger partial charge in [-0.3, -0.25) is 9.59 Å². The zero-order valence-corrected chi connectivity index (χ0v) is 19.5. The van der Waals surface area contributed by atoms with Gasteiger partial charge in [0.2, 0.25) is 21.8 Å². The second kappa shape index (κ2) is 9.27. The lowest BCUT2D eigenvalue weighted by atomic mass is 9.96. The van der Waals surface area contributed by atoms with Gasteiger partial charge in [-0.25, -0.2) is 8.42 Å². The molecular formula is C22H31N3O6S. The van der Waals surface area contributed by atoms with Crippen molar-refractivity contribution in [1.29, 1.82) is 0 Å². The van der Waals surface area contributed by atoms with Gasteiger partial charge < -0.3 is 19.3 Å². The van der Waals surface area contributed by atoms with Crippen LogP contribution < -0.4 is 9.47 Å². The molecule has 0 aromatic heterocycles. The highest BCUT2D eigenvalue weighted by Crippen LogP contribution is 2.33. The van der Waals surface area contributed by atoms with E-state index in [0.717, 1.165) is 32.2 Å². The minimum Gasteiger partial charge on any atom is -0.497 e. The van der Waals surface area contributed by atoms with Gasteiger partial charge in [-0.1, -0.05) is 0 Å². The molecule has 2 saturated heterocycles. The first-order valence-electron chi connectivity index (χ1n) is 11.1. The molecule has 0 spiro atoms. The molecule has 3 fully saturated rings. The maximum absolute atomic E-state index is 13.2. The number of piperidine rings is 1. The number of carbonyl (C=O) groups excluding carboxylic acids is 2. The first kappa shape index (κ1) is 22.8. The third-order valence-corrected chi connectivity index (χ3v) is 8.47. The van der Waals surface area contributed by atoms with E-state index in [1.165, 1.54) is 24.6 Å². The highest BCUT2D eigenvalue weighted by atomic mass is 32.2. The van der Waals surface area contributed by atoms with Crippen LogP contribution in [0.25, 0.3) is 0 Å². The number of nitrogens with zero attached hydrogens (tertiary/aromatic N) is 3. The van der Waals surface area contributed by atoms with Crippen LogP contribution in [0.3, 0.4) is 0 Å². The van der Waals surface area contributed by atoms with Gasteiger partial charge in [-0.15, -0.1) is 0 Å². The summed E-state index contributed by atoms with van der Waals surface area (Å²) in [4.78, 5) is 29.1. The lowest BCUT2D eigenvalue weighted by molar-refractivity contribution is -0.142. The smallest absolute Gasteiger partial charge is 0.247 e. The molecule has 0 bridgehead atoms. The van der Waals surface area contributed by atoms with Gasteiger partial charge in [0.05, 0.1) is 20.1 Å². The van der Waals surface area contributed by atoms with E-state index in [1.807, 2.05) is 4.90 Å². The molecule has 2 heterocycles. The molecule has 2 amide bonds. The number of carbonyl (C=O) groups is 2. The monoisotopic (exact) mass is 465 g/mol. The van der Waals surface area contributed by atoms with Crippen molar-refractivity contribution in [2.45, 2.75) is 30.6 Å². The predicted octanol–water partition coefficient (Wildman–Crippen LogP) is 1.19. The molecule has 10 heteroatoms. The number of benzene rings is 1. The zero-order valence-electron chi connectivity index (χ0n) is 18.7. The first-order valence-corrected chi connectivity index (χ1v) is 12.6. The van der Waals surface area contributed by atoms with E-state index in [0.29, 0.717) is 25.4 Å². The van der Waals surface area contributed by atoms with Crippen molar-refractivity contribution >= 4 is 21.8 Å². The standard InChI is InChI=1S/C22H31N3O6S/c1-30-18-7-8-19(31-2)20(14-18)32(28,29)25-12-10-23(11-13-25)22(27)17-4-3-9-24(15-17)21(26)16-5-6-16/h7-8,14,16-17H,3-6,9-13,15H2,1-2H3. The van der Waals surface area contributed by atoms with E-state index < -0.39 is 10.0 Å². The van der Waals surface area contributed by atoms with Crippen LogP contribution in [-0.4, -0.2) is 87.8 Å². The SMILES string of the molecule is COc1ccc(OC)c(S(=O)(=O)N2CCN(C(=O)C3CCCN(C(=O)C4CC4)C3)CC2)c1. The number of amides is 2. The van der Waals surface area contributed by atoms with E-state index in [4.69, 9.17) is 9.47 Å². The predicted molar refractivity (Wildman–Crippen MR) is 117 cm³/mol. The fourth-order valence-corrected chi connectivity index (χ4v) is 6.09. The Morgan fingerprint density at radius 2 is 1.56 bits per heavy atom. The van der Waals surface area contributed by atoms with Crippen molar-refractivity contribution < 1.29 is 27.5 Å². The van der Waals surface area contributed by atoms with Crippen molar-refractivity contribution in [3.63, 3.8) is 0 Å². The van der Waals surface area contributed by atoms with Gasteiger partial charge in [0.1, 0.15) is 16.4 Å². The first-order chi connectivity index (χ1) is 15.3. The second-order valence-corrected chi connectivity index (χ2v) is 10.6. The zero-order chi connectivity index (χ0) is 22.9. The van der Waals surface area contributed by atoms with Crippen molar-refractivity contribution in [2.75, 3.05) is 53.5 Å². The molecule has 1 aromatic carbocycles. The maximum atomic E-state index is 13.2. The molecule has 1 saturated carbocycles. The number of methoxy groups -OCH3 is 2. The molecule has 1 aromatic rings. The molecule has 9 nitrogen and oxygen atoms in total. The molecule has 2 aliphatic heterocycles. The summed E-state index contributed by atoms with van der Waals surface area (Å²) >= 11 is 0. The summed E-state index contributed by atoms with van der Waals surface area (Å²) in [5, 5.41) is 0. The van der Waals surface area contributed by atoms with Gasteiger partial charge in [0.15, 0.2) is 0 Å². The summed E-state index contributed by atoms with van der Waals surface area (Å²) in [6, 6.07) is 4.68. The summed E-state index contributed by atoms with van der Waals surface area (Å²) in [5.74, 6) is 0.854. The third kappa shape index (κ3) is 4.56. The molecule has 0 N–H and O–H groups in total. The van der Waals surface area contributed by atoms with Crippen LogP contribution in [0.15, 0.2) is 23.1 Å². The molecule has 1 aliphatic carbocycles. The third-order valence-electron chi connectivity index (χ3n) is 6.55. The van der Waals surface area contributed by atoms with Crippen molar-refractivity contribution in [3.05, 3.63) is 18.2 Å². The minimum absolute atomic E-state index is 0.0225. The highest BCUT2D eigenvalue weighted by molar-refractivity contribution is 7.89. The number of likely N-dealkylation sites (tertiary alicyclic amines) is 1. The number of sulfonamides is 1. The van der Waals surface area contributed by atoms with Gasteiger partial charge in [-0.2, -0.15) is 4.31 Å². The topological polar surface area (TPSA) is 96.5 Å². The Bertz CT molecular complexity index is 970. The second-order valence-electron chi connectivity index (χ2n) is 8.64. The van der Waals surface area contributed by atoms with Gasteiger partial charge in [0, 0.05) is 51.3 Å². The van der Waals surface area contributed by atoms with E-state index in [2.05, 4.69) is 0 Å². The van der Waals surface area contributed by atoms with E-state index >= 15 is 0 Å². The van der Waals surface area contributed by atoms with Crippen LogP contribution in [0.4, 0.5) is 0 Å². The van der Waals surface area contributed by atoms with Crippen LogP contribution in [0, 0.1) is 11.8 Å². The van der Waals surface area contributed by atoms with E-state index in [1.54, 1.807) is 17.0 Å². The summed E-state index contributed by atoms with van der Waals surface area (Å²) in [7, 11) is -0.888. The number of piperazine rings is 1. The van der Waals surface area contributed by atoms with Crippen LogP contribution in [0.1, 0.15) is 25.7 Å². The number of ether oxygens (including phenoxy) is 2. The lowest BCUT2D eigenvalue weighted by Gasteiger charge is -2.38. The van der Waals surface area contributed by atoms with Crippen LogP contribution in [0.5, 0.6) is 11.5 Å². The van der Waals surface area contributed by atoms with E-state index in [9.17, 15) is 18.0 Å². The number of rotatable bonds is 6. The summed E-state index contributed by atoms with van der Waals surface area (Å²) in [6.45, 7) is 2.30. The Morgan fingerprint density at radius 3 is 2.19 bits per heavy atom. The summed E-state index contributed by atoms with van der Waals surface area (Å²) in [5.41, 5.74) is 0. The van der Waals surface area contributed by atoms with Gasteiger partial charge >= 0.3 is 0 Å². The molecule has 1 unspecified atom stereocenters. The van der Waals surface area contributed by atoms with Gasteiger partial charge in [0.25, 0.3) is 0 Å². The Labute approximate surface area is 189 Å². The average Bonchev–Trinajstić information content (AvgIpc) is 3.68. The Kier molecular flexibility index (Phi) is 6.62. The normalized spacial score (nSPS) is 22.5. The molecule has 176 valence electrons. The van der Waals surface area contributed by atoms with Crippen LogP contribution >= 0.6 is 0 Å². The fourth-order valence-electron chi connectivity index (χ4n) is 4.50. The molecule has 3 aliphatic rings. The fraction of sp³-hybridized carbons (Fsp3) is 0.636. The van der Waals surface area contributed by atoms with Crippen LogP contribution in [-0.2, 0) is 19.6 Å². The molecule has 4 rings (SSSR count). The summed E-state index contributed by atoms with van der Waals surface area (Å²) in [6.07, 6.45) is 3.52. The van der Waals surface area contributed by atoms with Crippen molar-refractivity contribution in [2.24, 2.45) is 11.8 Å². The minimum atomic E-state index is -3.80.